The maximum atomic E-state index is 6.22. The summed E-state index contributed by atoms with van der Waals surface area (Å²) >= 11 is 9.61. The van der Waals surface area contributed by atoms with Crippen LogP contribution in [0.5, 0.6) is 0 Å². The largest absolute Gasteiger partial charge is 0.306 e. The molecular formula is C14H17BrClN3. The van der Waals surface area contributed by atoms with Gasteiger partial charge in [-0.05, 0) is 45.0 Å². The van der Waals surface area contributed by atoms with Crippen LogP contribution < -0.4 is 5.32 Å². The standard InChI is InChI=1S/C14H17BrClN3/c1-14(2,3)17-9-11-6-7-19(18-11)13-5-4-10(15)8-12(13)16/h4-8,17H,9H2,1-3H3. The molecule has 1 heterocycles. The van der Waals surface area contributed by atoms with Gasteiger partial charge in [0, 0.05) is 22.8 Å². The first-order chi connectivity index (χ1) is 8.85. The molecule has 2 aromatic rings. The van der Waals surface area contributed by atoms with E-state index in [9.17, 15) is 0 Å². The van der Waals surface area contributed by atoms with E-state index in [1.165, 1.54) is 0 Å². The third-order valence-electron chi connectivity index (χ3n) is 2.60. The lowest BCUT2D eigenvalue weighted by Gasteiger charge is -2.19. The average molecular weight is 343 g/mol. The van der Waals surface area contributed by atoms with E-state index in [0.717, 1.165) is 22.4 Å². The van der Waals surface area contributed by atoms with Crippen LogP contribution in [0.3, 0.4) is 0 Å². The van der Waals surface area contributed by atoms with Crippen molar-refractivity contribution in [2.45, 2.75) is 32.9 Å². The van der Waals surface area contributed by atoms with Gasteiger partial charge in [0.25, 0.3) is 0 Å². The van der Waals surface area contributed by atoms with E-state index in [4.69, 9.17) is 11.6 Å². The summed E-state index contributed by atoms with van der Waals surface area (Å²) in [5.74, 6) is 0. The third-order valence-corrected chi connectivity index (χ3v) is 3.40. The second kappa shape index (κ2) is 5.65. The molecule has 0 fully saturated rings. The molecular weight excluding hydrogens is 326 g/mol. The molecule has 102 valence electrons. The van der Waals surface area contributed by atoms with Gasteiger partial charge in [0.15, 0.2) is 0 Å². The SMILES string of the molecule is CC(C)(C)NCc1ccn(-c2ccc(Br)cc2Cl)n1. The number of hydrogen-bond donors (Lipinski definition) is 1. The third kappa shape index (κ3) is 4.06. The van der Waals surface area contributed by atoms with Crippen molar-refractivity contribution in [2.75, 3.05) is 0 Å². The van der Waals surface area contributed by atoms with Crippen molar-refractivity contribution in [3.8, 4) is 5.69 Å². The zero-order valence-electron chi connectivity index (χ0n) is 11.2. The fourth-order valence-corrected chi connectivity index (χ4v) is 2.37. The van der Waals surface area contributed by atoms with Crippen LogP contribution in [0.2, 0.25) is 5.02 Å². The second-order valence-electron chi connectivity index (χ2n) is 5.45. The Hall–Kier alpha value is -0.840. The van der Waals surface area contributed by atoms with Crippen molar-refractivity contribution in [1.82, 2.24) is 15.1 Å². The predicted octanol–water partition coefficient (Wildman–Crippen LogP) is 4.18. The minimum Gasteiger partial charge on any atom is -0.306 e. The van der Waals surface area contributed by atoms with Crippen LogP contribution in [0.1, 0.15) is 26.5 Å². The van der Waals surface area contributed by atoms with Crippen LogP contribution >= 0.6 is 27.5 Å². The van der Waals surface area contributed by atoms with Gasteiger partial charge in [-0.25, -0.2) is 4.68 Å². The Morgan fingerprint density at radius 3 is 2.68 bits per heavy atom. The maximum absolute atomic E-state index is 6.22. The lowest BCUT2D eigenvalue weighted by Crippen LogP contribution is -2.35. The summed E-state index contributed by atoms with van der Waals surface area (Å²) in [5.41, 5.74) is 1.96. The van der Waals surface area contributed by atoms with Gasteiger partial charge >= 0.3 is 0 Å². The number of hydrogen-bond acceptors (Lipinski definition) is 2. The van der Waals surface area contributed by atoms with Crippen molar-refractivity contribution >= 4 is 27.5 Å². The fourth-order valence-electron chi connectivity index (χ4n) is 1.61. The molecule has 0 spiro atoms. The lowest BCUT2D eigenvalue weighted by atomic mass is 10.1. The predicted molar refractivity (Wildman–Crippen MR) is 82.9 cm³/mol. The quantitative estimate of drug-likeness (QED) is 0.907. The molecule has 5 heteroatoms. The summed E-state index contributed by atoms with van der Waals surface area (Å²) in [4.78, 5) is 0. The number of nitrogens with zero attached hydrogens (tertiary/aromatic N) is 2. The number of halogens is 2. The van der Waals surface area contributed by atoms with E-state index >= 15 is 0 Å². The van der Waals surface area contributed by atoms with Gasteiger partial charge in [-0.15, -0.1) is 0 Å². The molecule has 0 aliphatic carbocycles. The van der Waals surface area contributed by atoms with Gasteiger partial charge in [0.05, 0.1) is 16.4 Å². The normalized spacial score (nSPS) is 11.8. The molecule has 0 saturated heterocycles. The summed E-state index contributed by atoms with van der Waals surface area (Å²) in [6.45, 7) is 7.14. The van der Waals surface area contributed by atoms with E-state index in [-0.39, 0.29) is 5.54 Å². The Bertz CT molecular complexity index is 572. The summed E-state index contributed by atoms with van der Waals surface area (Å²) in [7, 11) is 0. The van der Waals surface area contributed by atoms with Gasteiger partial charge in [-0.1, -0.05) is 27.5 Å². The Balaban J connectivity index is 2.16. The van der Waals surface area contributed by atoms with Crippen LogP contribution in [0.4, 0.5) is 0 Å². The monoisotopic (exact) mass is 341 g/mol. The molecule has 0 unspecified atom stereocenters. The highest BCUT2D eigenvalue weighted by Crippen LogP contribution is 2.24. The lowest BCUT2D eigenvalue weighted by molar-refractivity contribution is 0.420. The Morgan fingerprint density at radius 1 is 1.32 bits per heavy atom. The van der Waals surface area contributed by atoms with Crippen LogP contribution in [0.15, 0.2) is 34.9 Å². The number of benzene rings is 1. The topological polar surface area (TPSA) is 29.9 Å². The molecule has 2 rings (SSSR count). The van der Waals surface area contributed by atoms with Gasteiger partial charge in [-0.3, -0.25) is 0 Å². The van der Waals surface area contributed by atoms with Crippen molar-refractivity contribution in [3.05, 3.63) is 45.7 Å². The molecule has 0 saturated carbocycles. The molecule has 1 N–H and O–H groups in total. The highest BCUT2D eigenvalue weighted by molar-refractivity contribution is 9.10. The van der Waals surface area contributed by atoms with Crippen LogP contribution in [0, 0.1) is 0 Å². The molecule has 0 radical (unpaired) electrons. The highest BCUT2D eigenvalue weighted by Gasteiger charge is 2.10. The van der Waals surface area contributed by atoms with Gasteiger partial charge in [0.1, 0.15) is 0 Å². The highest BCUT2D eigenvalue weighted by atomic mass is 79.9. The number of rotatable bonds is 3. The first kappa shape index (κ1) is 14.6. The zero-order chi connectivity index (χ0) is 14.0. The Labute approximate surface area is 127 Å². The van der Waals surface area contributed by atoms with E-state index in [2.05, 4.69) is 47.1 Å². The molecule has 0 amide bonds. The summed E-state index contributed by atoms with van der Waals surface area (Å²) in [6.07, 6.45) is 1.93. The van der Waals surface area contributed by atoms with E-state index < -0.39 is 0 Å². The molecule has 0 atom stereocenters. The van der Waals surface area contributed by atoms with Crippen molar-refractivity contribution in [2.24, 2.45) is 0 Å². The molecule has 0 bridgehead atoms. The molecule has 3 nitrogen and oxygen atoms in total. The maximum Gasteiger partial charge on any atom is 0.0832 e. The van der Waals surface area contributed by atoms with Gasteiger partial charge in [-0.2, -0.15) is 5.10 Å². The minimum atomic E-state index is 0.0824. The minimum absolute atomic E-state index is 0.0824. The summed E-state index contributed by atoms with van der Waals surface area (Å²) < 4.78 is 2.76. The first-order valence-electron chi connectivity index (χ1n) is 6.10. The smallest absolute Gasteiger partial charge is 0.0832 e. The first-order valence-corrected chi connectivity index (χ1v) is 7.27. The van der Waals surface area contributed by atoms with E-state index in [1.807, 2.05) is 30.5 Å². The summed E-state index contributed by atoms with van der Waals surface area (Å²) in [5, 5.41) is 8.61. The Morgan fingerprint density at radius 2 is 2.05 bits per heavy atom. The van der Waals surface area contributed by atoms with Crippen molar-refractivity contribution in [1.29, 1.82) is 0 Å². The molecule has 19 heavy (non-hydrogen) atoms. The van der Waals surface area contributed by atoms with Crippen molar-refractivity contribution < 1.29 is 0 Å². The van der Waals surface area contributed by atoms with Crippen LogP contribution in [-0.2, 0) is 6.54 Å². The van der Waals surface area contributed by atoms with E-state index in [1.54, 1.807) is 4.68 Å². The molecule has 1 aromatic heterocycles. The zero-order valence-corrected chi connectivity index (χ0v) is 13.6. The van der Waals surface area contributed by atoms with Gasteiger partial charge in [0.2, 0.25) is 0 Å². The molecule has 1 aromatic carbocycles. The molecule has 0 aliphatic heterocycles. The van der Waals surface area contributed by atoms with Gasteiger partial charge < -0.3 is 5.32 Å². The fraction of sp³-hybridized carbons (Fsp3) is 0.357. The van der Waals surface area contributed by atoms with E-state index in [0.29, 0.717) is 5.02 Å². The number of nitrogens with one attached hydrogen (secondary N) is 1. The van der Waals surface area contributed by atoms with Crippen LogP contribution in [0.25, 0.3) is 5.69 Å². The second-order valence-corrected chi connectivity index (χ2v) is 6.77. The summed E-state index contributed by atoms with van der Waals surface area (Å²) in [6, 6.07) is 7.76. The number of aromatic nitrogens is 2. The van der Waals surface area contributed by atoms with Crippen molar-refractivity contribution in [3.63, 3.8) is 0 Å². The van der Waals surface area contributed by atoms with Crippen LogP contribution in [-0.4, -0.2) is 15.3 Å². The molecule has 0 aliphatic rings. The average Bonchev–Trinajstić information content (AvgIpc) is 2.74. The Kier molecular flexibility index (Phi) is 4.33.